The predicted molar refractivity (Wildman–Crippen MR) is 230 cm³/mol. The molecule has 0 aromatic carbocycles. The summed E-state index contributed by atoms with van der Waals surface area (Å²) in [4.78, 5) is 12.4. The molecule has 300 valence electrons. The summed E-state index contributed by atoms with van der Waals surface area (Å²) < 4.78 is 0. The molecule has 0 aliphatic carbocycles. The average molecular weight is 724 g/mol. The Morgan fingerprint density at radius 2 is 0.846 bits per heavy atom. The smallest absolute Gasteiger partial charge is 0.220 e. The van der Waals surface area contributed by atoms with E-state index in [-0.39, 0.29) is 12.5 Å². The molecule has 2 atom stereocenters. The lowest BCUT2D eigenvalue weighted by atomic mass is 10.0. The quantitative estimate of drug-likeness (QED) is 0.0437. The van der Waals surface area contributed by atoms with E-state index < -0.39 is 12.1 Å². The Bertz CT molecular complexity index is 915. The molecule has 0 saturated heterocycles. The molecule has 1 amide bonds. The van der Waals surface area contributed by atoms with E-state index in [0.717, 1.165) is 57.8 Å². The Hall–Kier alpha value is -2.17. The maximum atomic E-state index is 12.4. The number of carbonyl (C=O) groups excluding carboxylic acids is 1. The molecule has 0 heterocycles. The van der Waals surface area contributed by atoms with Gasteiger partial charge < -0.3 is 15.5 Å². The first-order chi connectivity index (χ1) is 25.7. The summed E-state index contributed by atoms with van der Waals surface area (Å²) >= 11 is 0. The maximum Gasteiger partial charge on any atom is 0.220 e. The van der Waals surface area contributed by atoms with Gasteiger partial charge in [-0.2, -0.15) is 0 Å². The van der Waals surface area contributed by atoms with Gasteiger partial charge in [-0.15, -0.1) is 0 Å². The minimum Gasteiger partial charge on any atom is -0.394 e. The third kappa shape index (κ3) is 39.0. The highest BCUT2D eigenvalue weighted by Crippen LogP contribution is 2.14. The van der Waals surface area contributed by atoms with Crippen molar-refractivity contribution in [1.29, 1.82) is 0 Å². The largest absolute Gasteiger partial charge is 0.394 e. The van der Waals surface area contributed by atoms with Gasteiger partial charge in [0.25, 0.3) is 0 Å². The van der Waals surface area contributed by atoms with E-state index in [1.807, 2.05) is 6.08 Å². The van der Waals surface area contributed by atoms with Crippen LogP contribution in [0.5, 0.6) is 0 Å². The Morgan fingerprint density at radius 1 is 0.481 bits per heavy atom. The van der Waals surface area contributed by atoms with E-state index in [2.05, 4.69) is 79.9 Å². The fraction of sp³-hybridized carbons (Fsp3) is 0.729. The van der Waals surface area contributed by atoms with E-state index in [0.29, 0.717) is 6.42 Å². The van der Waals surface area contributed by atoms with Gasteiger partial charge >= 0.3 is 0 Å². The number of allylic oxidation sites excluding steroid dienone is 11. The van der Waals surface area contributed by atoms with Crippen LogP contribution in [0.15, 0.2) is 72.9 Å². The third-order valence-corrected chi connectivity index (χ3v) is 9.70. The fourth-order valence-electron chi connectivity index (χ4n) is 6.32. The van der Waals surface area contributed by atoms with E-state index in [4.69, 9.17) is 0 Å². The molecule has 0 fully saturated rings. The molecular formula is C48H85NO3. The Morgan fingerprint density at radius 3 is 1.27 bits per heavy atom. The van der Waals surface area contributed by atoms with E-state index >= 15 is 0 Å². The molecule has 4 nitrogen and oxygen atoms in total. The highest BCUT2D eigenvalue weighted by atomic mass is 16.3. The zero-order valence-electron chi connectivity index (χ0n) is 34.3. The fourth-order valence-corrected chi connectivity index (χ4v) is 6.32. The number of hydrogen-bond donors (Lipinski definition) is 3. The molecule has 0 bridgehead atoms. The number of carbonyl (C=O) groups is 1. The Kier molecular flexibility index (Phi) is 41.4. The van der Waals surface area contributed by atoms with Gasteiger partial charge in [-0.25, -0.2) is 0 Å². The van der Waals surface area contributed by atoms with Gasteiger partial charge in [-0.05, 0) is 64.2 Å². The first-order valence-electron chi connectivity index (χ1n) is 22.2. The molecule has 4 heteroatoms. The van der Waals surface area contributed by atoms with E-state index in [1.165, 1.54) is 128 Å². The van der Waals surface area contributed by atoms with Crippen molar-refractivity contribution in [1.82, 2.24) is 5.32 Å². The highest BCUT2D eigenvalue weighted by molar-refractivity contribution is 5.76. The molecule has 3 N–H and O–H groups in total. The van der Waals surface area contributed by atoms with Crippen molar-refractivity contribution in [3.63, 3.8) is 0 Å². The molecule has 52 heavy (non-hydrogen) atoms. The second kappa shape index (κ2) is 43.2. The number of aliphatic hydroxyl groups excluding tert-OH is 2. The second-order valence-corrected chi connectivity index (χ2v) is 14.7. The number of nitrogens with one attached hydrogen (secondary N) is 1. The normalized spacial score (nSPS) is 13.7. The van der Waals surface area contributed by atoms with Gasteiger partial charge in [-0.1, -0.05) is 209 Å². The number of hydrogen-bond acceptors (Lipinski definition) is 3. The summed E-state index contributed by atoms with van der Waals surface area (Å²) in [6.45, 7) is 4.18. The lowest BCUT2D eigenvalue weighted by molar-refractivity contribution is -0.123. The molecule has 0 aliphatic rings. The van der Waals surface area contributed by atoms with Crippen LogP contribution in [0.25, 0.3) is 0 Å². The summed E-state index contributed by atoms with van der Waals surface area (Å²) in [7, 11) is 0. The van der Waals surface area contributed by atoms with Gasteiger partial charge in [0.1, 0.15) is 0 Å². The predicted octanol–water partition coefficient (Wildman–Crippen LogP) is 13.9. The van der Waals surface area contributed by atoms with Crippen LogP contribution in [0.4, 0.5) is 0 Å². The molecule has 0 rings (SSSR count). The molecule has 0 spiro atoms. The molecule has 0 aromatic heterocycles. The van der Waals surface area contributed by atoms with E-state index in [9.17, 15) is 15.0 Å². The topological polar surface area (TPSA) is 69.6 Å². The zero-order valence-corrected chi connectivity index (χ0v) is 34.3. The molecule has 2 unspecified atom stereocenters. The van der Waals surface area contributed by atoms with Crippen LogP contribution < -0.4 is 5.32 Å². The minimum atomic E-state index is -0.842. The van der Waals surface area contributed by atoms with Crippen LogP contribution in [0.2, 0.25) is 0 Å². The van der Waals surface area contributed by atoms with Crippen molar-refractivity contribution >= 4 is 5.91 Å². The molecule has 0 radical (unpaired) electrons. The van der Waals surface area contributed by atoms with Crippen molar-refractivity contribution in [2.24, 2.45) is 0 Å². The van der Waals surface area contributed by atoms with Crippen molar-refractivity contribution in [3.05, 3.63) is 72.9 Å². The summed E-state index contributed by atoms with van der Waals surface area (Å²) in [5, 5.41) is 23.0. The van der Waals surface area contributed by atoms with Gasteiger partial charge in [0, 0.05) is 6.42 Å². The summed E-state index contributed by atoms with van der Waals surface area (Å²) in [6.07, 6.45) is 61.5. The number of unbranched alkanes of at least 4 members (excludes halogenated alkanes) is 22. The van der Waals surface area contributed by atoms with Crippen LogP contribution in [0.3, 0.4) is 0 Å². The van der Waals surface area contributed by atoms with Crippen LogP contribution in [0.1, 0.15) is 206 Å². The van der Waals surface area contributed by atoms with Crippen LogP contribution in [-0.4, -0.2) is 34.9 Å². The first-order valence-corrected chi connectivity index (χ1v) is 22.2. The highest BCUT2D eigenvalue weighted by Gasteiger charge is 2.17. The standard InChI is InChI=1S/C48H85NO3/c1-3-5-7-9-11-13-15-17-18-19-20-21-22-23-24-25-26-27-28-29-30-32-34-36-38-40-42-44-48(52)49-46(45-50)47(51)43-41-39-37-35-33-31-16-14-12-10-8-6-4-2/h5,7,11,13,17-18,20-21,23-24,41,43,46-47,50-51H,3-4,6,8-10,12,14-16,19,22,25-40,42,44-45H2,1-2H3,(H,49,52)/b7-5-,13-11-,18-17-,21-20-,24-23-,43-41+. The third-order valence-electron chi connectivity index (χ3n) is 9.70. The second-order valence-electron chi connectivity index (χ2n) is 14.7. The van der Waals surface area contributed by atoms with Crippen molar-refractivity contribution < 1.29 is 15.0 Å². The van der Waals surface area contributed by atoms with Gasteiger partial charge in [0.15, 0.2) is 0 Å². The summed E-state index contributed by atoms with van der Waals surface area (Å²) in [5.74, 6) is -0.0711. The number of rotatable bonds is 39. The van der Waals surface area contributed by atoms with Crippen LogP contribution in [-0.2, 0) is 4.79 Å². The minimum absolute atomic E-state index is 0.0711. The maximum absolute atomic E-state index is 12.4. The van der Waals surface area contributed by atoms with E-state index in [1.54, 1.807) is 6.08 Å². The SMILES string of the molecule is CC/C=C\C/C=C\C/C=C\C/C=C\C/C=C\CCCCCCCCCCCCCC(=O)NC(CO)C(O)/C=C/CCCCCCCCCCCCC. The Balaban J connectivity index is 3.58. The van der Waals surface area contributed by atoms with Crippen LogP contribution in [0, 0.1) is 0 Å². The van der Waals surface area contributed by atoms with Crippen molar-refractivity contribution in [2.45, 2.75) is 219 Å². The van der Waals surface area contributed by atoms with Gasteiger partial charge in [0.2, 0.25) is 5.91 Å². The summed E-state index contributed by atoms with van der Waals surface area (Å²) in [5.41, 5.74) is 0. The zero-order chi connectivity index (χ0) is 37.8. The lowest BCUT2D eigenvalue weighted by Crippen LogP contribution is -2.45. The Labute approximate surface area is 323 Å². The van der Waals surface area contributed by atoms with Crippen molar-refractivity contribution in [3.8, 4) is 0 Å². The monoisotopic (exact) mass is 724 g/mol. The summed E-state index contributed by atoms with van der Waals surface area (Å²) in [6, 6.07) is -0.626. The van der Waals surface area contributed by atoms with Crippen molar-refractivity contribution in [2.75, 3.05) is 6.61 Å². The average Bonchev–Trinajstić information content (AvgIpc) is 3.15. The molecule has 0 aliphatic heterocycles. The van der Waals surface area contributed by atoms with Gasteiger partial charge in [-0.3, -0.25) is 4.79 Å². The molecule has 0 aromatic rings. The lowest BCUT2D eigenvalue weighted by Gasteiger charge is -2.20. The van der Waals surface area contributed by atoms with Crippen LogP contribution >= 0.6 is 0 Å². The molecule has 0 saturated carbocycles. The number of amides is 1. The number of aliphatic hydroxyl groups is 2. The first kappa shape index (κ1) is 49.8. The molecular weight excluding hydrogens is 639 g/mol. The van der Waals surface area contributed by atoms with Gasteiger partial charge in [0.05, 0.1) is 18.8 Å².